The summed E-state index contributed by atoms with van der Waals surface area (Å²) in [7, 11) is 0. The number of nitrogens with zero attached hydrogens (tertiary/aromatic N) is 2. The molecule has 0 aromatic carbocycles. The van der Waals surface area contributed by atoms with Crippen molar-refractivity contribution < 1.29 is 19.9 Å². The first-order valence-electron chi connectivity index (χ1n) is 13.4. The highest BCUT2D eigenvalue weighted by molar-refractivity contribution is 5.30. The largest absolute Gasteiger partial charge is 0.870 e. The first-order chi connectivity index (χ1) is 14.2. The van der Waals surface area contributed by atoms with Crippen molar-refractivity contribution >= 4 is 0 Å². The van der Waals surface area contributed by atoms with E-state index in [9.17, 15) is 0 Å². The fourth-order valence-electron chi connectivity index (χ4n) is 6.43. The molecule has 4 heteroatoms. The van der Waals surface area contributed by atoms with E-state index in [2.05, 4.69) is 80.5 Å². The summed E-state index contributed by atoms with van der Waals surface area (Å²) in [6.45, 7) is 29.0. The van der Waals surface area contributed by atoms with Crippen molar-refractivity contribution in [3.63, 3.8) is 0 Å². The molecule has 1 aliphatic carbocycles. The zero-order chi connectivity index (χ0) is 22.9. The van der Waals surface area contributed by atoms with Crippen molar-refractivity contribution in [2.24, 2.45) is 5.41 Å². The molecule has 0 aromatic rings. The van der Waals surface area contributed by atoms with Crippen molar-refractivity contribution in [3.05, 3.63) is 23.9 Å². The van der Waals surface area contributed by atoms with Gasteiger partial charge >= 0.3 is 0 Å². The Morgan fingerprint density at radius 2 is 1.12 bits per heavy atom. The Balaban J connectivity index is 0. The zero-order valence-corrected chi connectivity index (χ0v) is 23.2. The molecular formula is C28H58N2O2. The Kier molecular flexibility index (Phi) is 15.2. The maximum atomic E-state index is 2.74. The van der Waals surface area contributed by atoms with Crippen LogP contribution < -0.4 is 0 Å². The number of hydrogen-bond donors (Lipinski definition) is 0. The minimum Gasteiger partial charge on any atom is -0.870 e. The molecule has 4 nitrogen and oxygen atoms in total. The Bertz CT molecular complexity index is 547. The number of quaternary nitrogens is 2. The monoisotopic (exact) mass is 454 g/mol. The number of unbranched alkanes of at least 4 members (excludes halogenated alkanes) is 5. The highest BCUT2D eigenvalue weighted by Crippen LogP contribution is 2.50. The molecule has 2 atom stereocenters. The molecule has 0 amide bonds. The van der Waals surface area contributed by atoms with Crippen molar-refractivity contribution in [3.8, 4) is 0 Å². The van der Waals surface area contributed by atoms with Gasteiger partial charge in [0, 0.05) is 11.5 Å². The van der Waals surface area contributed by atoms with E-state index in [1.54, 1.807) is 5.70 Å². The van der Waals surface area contributed by atoms with E-state index in [1.165, 1.54) is 88.7 Å². The Labute approximate surface area is 201 Å². The predicted molar refractivity (Wildman–Crippen MR) is 139 cm³/mol. The SMILES string of the molecule is CCCCCCCCC1(C)C=C([N+](CC)(CC)CC)C=CC1(C)[N+](CC)(CC)CC.[OH-].[OH-]. The van der Waals surface area contributed by atoms with E-state index >= 15 is 0 Å². The summed E-state index contributed by atoms with van der Waals surface area (Å²) in [5, 5.41) is 0. The fraction of sp³-hybridized carbons (Fsp3) is 0.857. The van der Waals surface area contributed by atoms with Gasteiger partial charge in [-0.2, -0.15) is 0 Å². The third-order valence-electron chi connectivity index (χ3n) is 9.42. The molecule has 0 heterocycles. The second-order valence-electron chi connectivity index (χ2n) is 10.2. The van der Waals surface area contributed by atoms with E-state index in [4.69, 9.17) is 0 Å². The van der Waals surface area contributed by atoms with Crippen LogP contribution in [0.1, 0.15) is 107 Å². The Hall–Kier alpha value is -0.680. The number of likely N-dealkylation sites (N-methyl/N-ethyl adjacent to an activating group) is 2. The second-order valence-corrected chi connectivity index (χ2v) is 10.2. The number of allylic oxidation sites excluding steroid dienone is 1. The molecule has 1 rings (SSSR count). The van der Waals surface area contributed by atoms with Crippen LogP contribution in [-0.2, 0) is 0 Å². The molecule has 192 valence electrons. The lowest BCUT2D eigenvalue weighted by Gasteiger charge is -2.58. The third kappa shape index (κ3) is 6.25. The molecule has 0 radical (unpaired) electrons. The topological polar surface area (TPSA) is 60.0 Å². The molecule has 2 N–H and O–H groups in total. The summed E-state index contributed by atoms with van der Waals surface area (Å²) in [4.78, 5) is 0. The normalized spacial score (nSPS) is 23.3. The molecule has 32 heavy (non-hydrogen) atoms. The minimum atomic E-state index is 0. The van der Waals surface area contributed by atoms with Crippen LogP contribution in [0.2, 0.25) is 0 Å². The summed E-state index contributed by atoms with van der Waals surface area (Å²) >= 11 is 0. The van der Waals surface area contributed by atoms with Crippen LogP contribution in [0.4, 0.5) is 0 Å². The van der Waals surface area contributed by atoms with Gasteiger partial charge in [-0.15, -0.1) is 0 Å². The third-order valence-corrected chi connectivity index (χ3v) is 9.42. The lowest BCUT2D eigenvalue weighted by atomic mass is 9.63. The Morgan fingerprint density at radius 1 is 0.656 bits per heavy atom. The van der Waals surface area contributed by atoms with Crippen molar-refractivity contribution in [2.45, 2.75) is 113 Å². The molecule has 0 aliphatic heterocycles. The van der Waals surface area contributed by atoms with Gasteiger partial charge in [0.1, 0.15) is 11.2 Å². The first kappa shape index (κ1) is 33.5. The van der Waals surface area contributed by atoms with Crippen LogP contribution >= 0.6 is 0 Å². The molecule has 2 unspecified atom stereocenters. The first-order valence-corrected chi connectivity index (χ1v) is 13.4. The second kappa shape index (κ2) is 14.6. The van der Waals surface area contributed by atoms with Crippen molar-refractivity contribution in [1.29, 1.82) is 0 Å². The summed E-state index contributed by atoms with van der Waals surface area (Å²) in [5.74, 6) is 0. The quantitative estimate of drug-likeness (QED) is 0.192. The van der Waals surface area contributed by atoms with Gasteiger partial charge in [-0.05, 0) is 74.0 Å². The summed E-state index contributed by atoms with van der Waals surface area (Å²) in [6.07, 6.45) is 17.5. The van der Waals surface area contributed by atoms with Gasteiger partial charge in [0.15, 0.2) is 0 Å². The molecular weight excluding hydrogens is 396 g/mol. The molecule has 0 bridgehead atoms. The average Bonchev–Trinajstić information content (AvgIpc) is 2.76. The van der Waals surface area contributed by atoms with Gasteiger partial charge in [-0.3, -0.25) is 4.48 Å². The fourth-order valence-corrected chi connectivity index (χ4v) is 6.43. The number of rotatable bonds is 15. The van der Waals surface area contributed by atoms with Gasteiger partial charge < -0.3 is 15.4 Å². The highest BCUT2D eigenvalue weighted by Gasteiger charge is 2.56. The smallest absolute Gasteiger partial charge is 0.129 e. The van der Waals surface area contributed by atoms with Crippen molar-refractivity contribution in [1.82, 2.24) is 0 Å². The van der Waals surface area contributed by atoms with Gasteiger partial charge in [-0.1, -0.05) is 45.4 Å². The average molecular weight is 455 g/mol. The minimum absolute atomic E-state index is 0. The molecule has 0 saturated carbocycles. The van der Waals surface area contributed by atoms with E-state index in [1.807, 2.05) is 0 Å². The van der Waals surface area contributed by atoms with Gasteiger partial charge in [0.2, 0.25) is 0 Å². The molecule has 0 saturated heterocycles. The van der Waals surface area contributed by atoms with Crippen LogP contribution in [0.15, 0.2) is 23.9 Å². The highest BCUT2D eigenvalue weighted by atomic mass is 16.0. The van der Waals surface area contributed by atoms with Crippen LogP contribution in [-0.4, -0.2) is 64.7 Å². The van der Waals surface area contributed by atoms with E-state index in [-0.39, 0.29) is 21.9 Å². The maximum Gasteiger partial charge on any atom is 0.129 e. The molecule has 0 aromatic heterocycles. The summed E-state index contributed by atoms with van der Waals surface area (Å²) in [6, 6.07) is 0. The maximum absolute atomic E-state index is 2.74. The van der Waals surface area contributed by atoms with Gasteiger partial charge in [0.25, 0.3) is 0 Å². The number of hydrogen-bond acceptors (Lipinski definition) is 2. The summed E-state index contributed by atoms with van der Waals surface area (Å²) in [5.41, 5.74) is 1.92. The Morgan fingerprint density at radius 3 is 1.56 bits per heavy atom. The van der Waals surface area contributed by atoms with Crippen LogP contribution in [0.5, 0.6) is 0 Å². The van der Waals surface area contributed by atoms with Crippen LogP contribution in [0.3, 0.4) is 0 Å². The predicted octanol–water partition coefficient (Wildman–Crippen LogP) is 7.36. The van der Waals surface area contributed by atoms with Gasteiger partial charge in [-0.25, -0.2) is 0 Å². The van der Waals surface area contributed by atoms with Crippen LogP contribution in [0, 0.1) is 5.41 Å². The molecule has 0 fully saturated rings. The lowest BCUT2D eigenvalue weighted by molar-refractivity contribution is -0.970. The van der Waals surface area contributed by atoms with E-state index < -0.39 is 0 Å². The lowest BCUT2D eigenvalue weighted by Crippen LogP contribution is -2.69. The van der Waals surface area contributed by atoms with E-state index in [0.717, 1.165) is 4.48 Å². The van der Waals surface area contributed by atoms with Crippen LogP contribution in [0.25, 0.3) is 0 Å². The van der Waals surface area contributed by atoms with E-state index in [0.29, 0.717) is 0 Å². The zero-order valence-electron chi connectivity index (χ0n) is 23.2. The molecule has 1 aliphatic rings. The standard InChI is InChI=1S/C28H56N2.2H2O/c1-10-17-18-19-20-21-23-27(8)25-26(29(11-2,12-3)13-4)22-24-28(27,9)30(14-5,15-6)16-7;;/h22,24-25H,10-21,23H2,1-9H3;2*1H2/q+2;;/p-2. The molecule has 0 spiro atoms. The van der Waals surface area contributed by atoms with Crippen molar-refractivity contribution in [2.75, 3.05) is 39.3 Å². The van der Waals surface area contributed by atoms with Gasteiger partial charge in [0.05, 0.1) is 39.3 Å². The summed E-state index contributed by atoms with van der Waals surface area (Å²) < 4.78 is 2.30.